The van der Waals surface area contributed by atoms with E-state index in [-0.39, 0.29) is 16.6 Å². The second kappa shape index (κ2) is 4.58. The molecule has 2 rings (SSSR count). The maximum Gasteiger partial charge on any atom is 0.257 e. The number of amides is 1. The number of likely N-dealkylation sites (tertiary alicyclic amines) is 1. The number of pyridine rings is 1. The first kappa shape index (κ1) is 12.8. The first-order valence-electron chi connectivity index (χ1n) is 5.55. The smallest absolute Gasteiger partial charge is 0.257 e. The molecule has 1 aliphatic rings. The molecule has 17 heavy (non-hydrogen) atoms. The summed E-state index contributed by atoms with van der Waals surface area (Å²) < 4.78 is 0.766. The van der Waals surface area contributed by atoms with Crippen molar-refractivity contribution in [2.75, 3.05) is 6.54 Å². The summed E-state index contributed by atoms with van der Waals surface area (Å²) >= 11 is 9.29. The Labute approximate surface area is 114 Å². The molecular formula is C12H14BrClN2O. The molecule has 1 amide bonds. The van der Waals surface area contributed by atoms with Crippen LogP contribution in [0.5, 0.6) is 0 Å². The highest BCUT2D eigenvalue weighted by atomic mass is 79.9. The zero-order valence-electron chi connectivity index (χ0n) is 9.83. The Bertz CT molecular complexity index is 462. The van der Waals surface area contributed by atoms with Crippen LogP contribution in [0.4, 0.5) is 0 Å². The fraction of sp³-hybridized carbons (Fsp3) is 0.500. The first-order valence-corrected chi connectivity index (χ1v) is 6.72. The summed E-state index contributed by atoms with van der Waals surface area (Å²) in [5.74, 6) is -0.0358. The van der Waals surface area contributed by atoms with E-state index in [2.05, 4.69) is 34.8 Å². The van der Waals surface area contributed by atoms with Crippen LogP contribution < -0.4 is 0 Å². The van der Waals surface area contributed by atoms with Crippen LogP contribution in [0.1, 0.15) is 37.0 Å². The molecule has 0 spiro atoms. The number of aromatic nitrogens is 1. The van der Waals surface area contributed by atoms with Crippen molar-refractivity contribution in [3.8, 4) is 0 Å². The minimum Gasteiger partial charge on any atom is -0.333 e. The predicted octanol–water partition coefficient (Wildman–Crippen LogP) is 3.51. The fourth-order valence-electron chi connectivity index (χ4n) is 2.20. The van der Waals surface area contributed by atoms with Crippen LogP contribution in [-0.4, -0.2) is 27.9 Å². The largest absolute Gasteiger partial charge is 0.333 e. The van der Waals surface area contributed by atoms with E-state index in [1.165, 1.54) is 0 Å². The molecule has 1 aromatic rings. The standard InChI is InChI=1S/C12H14BrClN2O/c1-12(2)4-3-5-16(12)11(17)9-6-8(13)7-15-10(9)14/h6-7H,3-5H2,1-2H3. The lowest BCUT2D eigenvalue weighted by Gasteiger charge is -2.31. The lowest BCUT2D eigenvalue weighted by Crippen LogP contribution is -2.42. The molecule has 5 heteroatoms. The Hall–Kier alpha value is -0.610. The van der Waals surface area contributed by atoms with Crippen LogP contribution in [0, 0.1) is 0 Å². The van der Waals surface area contributed by atoms with Crippen LogP contribution in [0.3, 0.4) is 0 Å². The molecular weight excluding hydrogens is 304 g/mol. The highest BCUT2D eigenvalue weighted by Crippen LogP contribution is 2.31. The quantitative estimate of drug-likeness (QED) is 0.743. The second-order valence-electron chi connectivity index (χ2n) is 4.86. The van der Waals surface area contributed by atoms with Gasteiger partial charge in [-0.2, -0.15) is 0 Å². The number of hydrogen-bond donors (Lipinski definition) is 0. The molecule has 0 bridgehead atoms. The second-order valence-corrected chi connectivity index (χ2v) is 6.14. The van der Waals surface area contributed by atoms with Crippen LogP contribution in [0.2, 0.25) is 5.15 Å². The van der Waals surface area contributed by atoms with Gasteiger partial charge < -0.3 is 4.90 Å². The average molecular weight is 318 g/mol. The van der Waals surface area contributed by atoms with E-state index in [0.717, 1.165) is 23.9 Å². The van der Waals surface area contributed by atoms with E-state index >= 15 is 0 Å². The van der Waals surface area contributed by atoms with Gasteiger partial charge in [-0.1, -0.05) is 11.6 Å². The van der Waals surface area contributed by atoms with Gasteiger partial charge in [-0.05, 0) is 48.7 Å². The Morgan fingerprint density at radius 2 is 2.29 bits per heavy atom. The number of carbonyl (C=O) groups is 1. The molecule has 1 aliphatic heterocycles. The maximum atomic E-state index is 12.4. The third-order valence-electron chi connectivity index (χ3n) is 3.18. The zero-order chi connectivity index (χ0) is 12.6. The average Bonchev–Trinajstić information content (AvgIpc) is 2.61. The Balaban J connectivity index is 2.34. The van der Waals surface area contributed by atoms with Crippen molar-refractivity contribution in [1.82, 2.24) is 9.88 Å². The fourth-order valence-corrected chi connectivity index (χ4v) is 2.72. The van der Waals surface area contributed by atoms with Gasteiger partial charge in [0, 0.05) is 22.8 Å². The van der Waals surface area contributed by atoms with E-state index in [4.69, 9.17) is 11.6 Å². The van der Waals surface area contributed by atoms with Crippen molar-refractivity contribution in [2.24, 2.45) is 0 Å². The first-order chi connectivity index (χ1) is 7.92. The normalized spacial score (nSPS) is 18.5. The lowest BCUT2D eigenvalue weighted by molar-refractivity contribution is 0.0651. The molecule has 1 aromatic heterocycles. The summed E-state index contributed by atoms with van der Waals surface area (Å²) in [4.78, 5) is 18.3. The van der Waals surface area contributed by atoms with Crippen LogP contribution in [0.25, 0.3) is 0 Å². The van der Waals surface area contributed by atoms with Gasteiger partial charge in [0.05, 0.1) is 5.56 Å². The van der Waals surface area contributed by atoms with Gasteiger partial charge in [-0.25, -0.2) is 4.98 Å². The highest BCUT2D eigenvalue weighted by Gasteiger charge is 2.36. The SMILES string of the molecule is CC1(C)CCCN1C(=O)c1cc(Br)cnc1Cl. The number of halogens is 2. The number of rotatable bonds is 1. The maximum absolute atomic E-state index is 12.4. The third kappa shape index (κ3) is 2.47. The van der Waals surface area contributed by atoms with Gasteiger partial charge >= 0.3 is 0 Å². The van der Waals surface area contributed by atoms with E-state index in [1.54, 1.807) is 12.3 Å². The molecule has 0 saturated carbocycles. The zero-order valence-corrected chi connectivity index (χ0v) is 12.2. The Morgan fingerprint density at radius 3 is 2.88 bits per heavy atom. The molecule has 1 fully saturated rings. The summed E-state index contributed by atoms with van der Waals surface area (Å²) in [5, 5.41) is 0.265. The Morgan fingerprint density at radius 1 is 1.59 bits per heavy atom. The topological polar surface area (TPSA) is 33.2 Å². The van der Waals surface area contributed by atoms with Crippen molar-refractivity contribution >= 4 is 33.4 Å². The summed E-state index contributed by atoms with van der Waals surface area (Å²) in [6.07, 6.45) is 3.66. The molecule has 0 aliphatic carbocycles. The molecule has 92 valence electrons. The lowest BCUT2D eigenvalue weighted by atomic mass is 10.0. The molecule has 1 saturated heterocycles. The van der Waals surface area contributed by atoms with Gasteiger partial charge in [0.15, 0.2) is 0 Å². The van der Waals surface area contributed by atoms with E-state index in [1.807, 2.05) is 4.90 Å². The summed E-state index contributed by atoms with van der Waals surface area (Å²) in [6.45, 7) is 4.95. The van der Waals surface area contributed by atoms with Crippen molar-refractivity contribution in [2.45, 2.75) is 32.2 Å². The van der Waals surface area contributed by atoms with Gasteiger partial charge in [0.2, 0.25) is 0 Å². The van der Waals surface area contributed by atoms with Crippen LogP contribution >= 0.6 is 27.5 Å². The minimum absolute atomic E-state index is 0.0358. The molecule has 3 nitrogen and oxygen atoms in total. The van der Waals surface area contributed by atoms with Crippen molar-refractivity contribution in [3.05, 3.63) is 27.5 Å². The molecule has 0 N–H and O–H groups in total. The number of nitrogens with zero attached hydrogens (tertiary/aromatic N) is 2. The highest BCUT2D eigenvalue weighted by molar-refractivity contribution is 9.10. The number of hydrogen-bond acceptors (Lipinski definition) is 2. The van der Waals surface area contributed by atoms with Gasteiger partial charge in [0.25, 0.3) is 5.91 Å². The summed E-state index contributed by atoms with van der Waals surface area (Å²) in [5.41, 5.74) is 0.374. The van der Waals surface area contributed by atoms with Gasteiger partial charge in [-0.15, -0.1) is 0 Å². The molecule has 0 aromatic carbocycles. The monoisotopic (exact) mass is 316 g/mol. The molecule has 0 radical (unpaired) electrons. The third-order valence-corrected chi connectivity index (χ3v) is 3.92. The van der Waals surface area contributed by atoms with Crippen LogP contribution in [0.15, 0.2) is 16.7 Å². The van der Waals surface area contributed by atoms with E-state index in [9.17, 15) is 4.79 Å². The Kier molecular flexibility index (Phi) is 3.46. The predicted molar refractivity (Wildman–Crippen MR) is 71.3 cm³/mol. The van der Waals surface area contributed by atoms with E-state index < -0.39 is 0 Å². The van der Waals surface area contributed by atoms with Crippen molar-refractivity contribution in [1.29, 1.82) is 0 Å². The van der Waals surface area contributed by atoms with Crippen molar-refractivity contribution < 1.29 is 4.79 Å². The van der Waals surface area contributed by atoms with E-state index in [0.29, 0.717) is 5.56 Å². The summed E-state index contributed by atoms with van der Waals surface area (Å²) in [7, 11) is 0. The summed E-state index contributed by atoms with van der Waals surface area (Å²) in [6, 6.07) is 1.73. The minimum atomic E-state index is -0.0945. The molecule has 0 unspecified atom stereocenters. The molecule has 0 atom stereocenters. The van der Waals surface area contributed by atoms with Gasteiger partial charge in [-0.3, -0.25) is 4.79 Å². The van der Waals surface area contributed by atoms with Crippen LogP contribution in [-0.2, 0) is 0 Å². The molecule has 2 heterocycles. The van der Waals surface area contributed by atoms with Crippen molar-refractivity contribution in [3.63, 3.8) is 0 Å². The van der Waals surface area contributed by atoms with Gasteiger partial charge in [0.1, 0.15) is 5.15 Å². The number of carbonyl (C=O) groups excluding carboxylic acids is 1.